The highest BCUT2D eigenvalue weighted by Gasteiger charge is 2.41. The number of nitrogens with zero attached hydrogens (tertiary/aromatic N) is 2. The van der Waals surface area contributed by atoms with Crippen molar-refractivity contribution in [2.75, 3.05) is 24.5 Å². The minimum atomic E-state index is -0.637. The number of likely N-dealkylation sites (tertiary alicyclic amines) is 1. The number of piperidine rings is 1. The molecule has 8 heteroatoms. The Morgan fingerprint density at radius 3 is 2.64 bits per heavy atom. The number of amides is 2. The largest absolute Gasteiger partial charge is 0.342 e. The molecule has 3 unspecified atom stereocenters. The maximum atomic E-state index is 12.8. The van der Waals surface area contributed by atoms with E-state index in [1.54, 1.807) is 28.0 Å². The quantitative estimate of drug-likeness (QED) is 0.768. The molecule has 25 heavy (non-hydrogen) atoms. The van der Waals surface area contributed by atoms with Gasteiger partial charge in [0.2, 0.25) is 11.8 Å². The Kier molecular flexibility index (Phi) is 6.60. The Balaban J connectivity index is 0.00000225. The van der Waals surface area contributed by atoms with Crippen molar-refractivity contribution >= 4 is 53.1 Å². The first-order valence-corrected chi connectivity index (χ1v) is 8.95. The molecule has 0 saturated carbocycles. The minimum absolute atomic E-state index is 0. The van der Waals surface area contributed by atoms with E-state index in [-0.39, 0.29) is 36.2 Å². The van der Waals surface area contributed by atoms with Crippen LogP contribution in [0.2, 0.25) is 10.0 Å². The van der Waals surface area contributed by atoms with Crippen LogP contribution in [0.4, 0.5) is 5.69 Å². The summed E-state index contributed by atoms with van der Waals surface area (Å²) in [7, 11) is 0. The summed E-state index contributed by atoms with van der Waals surface area (Å²) in [6.45, 7) is 3.74. The predicted molar refractivity (Wildman–Crippen MR) is 103 cm³/mol. The highest BCUT2D eigenvalue weighted by Crippen LogP contribution is 2.34. The molecule has 0 aromatic heterocycles. The SMILES string of the molecule is CC1CN(C(=O)C2CCN(c3cc(Cl)ccc3Cl)C2=O)CCC1N.Cl. The number of hydrogen-bond donors (Lipinski definition) is 1. The van der Waals surface area contributed by atoms with Gasteiger partial charge in [0.1, 0.15) is 5.92 Å². The number of anilines is 1. The summed E-state index contributed by atoms with van der Waals surface area (Å²) < 4.78 is 0. The van der Waals surface area contributed by atoms with E-state index < -0.39 is 5.92 Å². The van der Waals surface area contributed by atoms with E-state index in [2.05, 4.69) is 0 Å². The van der Waals surface area contributed by atoms with Crippen LogP contribution in [0.1, 0.15) is 19.8 Å². The van der Waals surface area contributed by atoms with Gasteiger partial charge in [0, 0.05) is 30.7 Å². The van der Waals surface area contributed by atoms with Gasteiger partial charge >= 0.3 is 0 Å². The summed E-state index contributed by atoms with van der Waals surface area (Å²) in [6, 6.07) is 5.12. The minimum Gasteiger partial charge on any atom is -0.342 e. The van der Waals surface area contributed by atoms with Crippen molar-refractivity contribution in [3.63, 3.8) is 0 Å². The Morgan fingerprint density at radius 2 is 1.96 bits per heavy atom. The number of hydrogen-bond acceptors (Lipinski definition) is 3. The first kappa shape index (κ1) is 20.3. The molecule has 3 rings (SSSR count). The van der Waals surface area contributed by atoms with Crippen LogP contribution in [0.3, 0.4) is 0 Å². The van der Waals surface area contributed by atoms with Crippen molar-refractivity contribution in [1.29, 1.82) is 0 Å². The molecule has 0 bridgehead atoms. The molecule has 2 saturated heterocycles. The molecule has 138 valence electrons. The van der Waals surface area contributed by atoms with Gasteiger partial charge < -0.3 is 15.5 Å². The Labute approximate surface area is 163 Å². The number of carbonyl (C=O) groups excluding carboxylic acids is 2. The van der Waals surface area contributed by atoms with E-state index >= 15 is 0 Å². The van der Waals surface area contributed by atoms with E-state index in [1.807, 2.05) is 6.92 Å². The van der Waals surface area contributed by atoms with Crippen molar-refractivity contribution in [2.24, 2.45) is 17.6 Å². The highest BCUT2D eigenvalue weighted by molar-refractivity contribution is 6.36. The molecule has 1 aromatic rings. The van der Waals surface area contributed by atoms with E-state index in [0.29, 0.717) is 41.8 Å². The molecular weight excluding hydrogens is 385 g/mol. The second-order valence-electron chi connectivity index (χ2n) is 6.64. The number of nitrogens with two attached hydrogens (primary N) is 1. The van der Waals surface area contributed by atoms with Gasteiger partial charge in [0.05, 0.1) is 10.7 Å². The summed E-state index contributed by atoms with van der Waals surface area (Å²) in [5.74, 6) is -0.689. The van der Waals surface area contributed by atoms with Gasteiger partial charge in [-0.1, -0.05) is 30.1 Å². The topological polar surface area (TPSA) is 66.6 Å². The van der Waals surface area contributed by atoms with Gasteiger partial charge in [-0.05, 0) is 37.0 Å². The van der Waals surface area contributed by atoms with Crippen LogP contribution in [0.15, 0.2) is 18.2 Å². The van der Waals surface area contributed by atoms with Gasteiger partial charge in [0.25, 0.3) is 0 Å². The maximum absolute atomic E-state index is 12.8. The molecule has 2 fully saturated rings. The Morgan fingerprint density at radius 1 is 1.24 bits per heavy atom. The number of halogens is 3. The van der Waals surface area contributed by atoms with Crippen LogP contribution in [-0.2, 0) is 9.59 Å². The lowest BCUT2D eigenvalue weighted by molar-refractivity contribution is -0.141. The zero-order valence-electron chi connectivity index (χ0n) is 14.0. The average Bonchev–Trinajstić information content (AvgIpc) is 2.93. The van der Waals surface area contributed by atoms with Gasteiger partial charge in [-0.2, -0.15) is 0 Å². The molecule has 2 heterocycles. The van der Waals surface area contributed by atoms with E-state index in [0.717, 1.165) is 6.42 Å². The molecule has 2 amide bonds. The van der Waals surface area contributed by atoms with Crippen LogP contribution in [0.5, 0.6) is 0 Å². The van der Waals surface area contributed by atoms with E-state index in [4.69, 9.17) is 28.9 Å². The van der Waals surface area contributed by atoms with E-state index in [9.17, 15) is 9.59 Å². The lowest BCUT2D eigenvalue weighted by Gasteiger charge is -2.36. The van der Waals surface area contributed by atoms with E-state index in [1.165, 1.54) is 0 Å². The molecule has 0 radical (unpaired) electrons. The summed E-state index contributed by atoms with van der Waals surface area (Å²) in [6.07, 6.45) is 1.27. The molecular formula is C17H22Cl3N3O2. The Bertz CT molecular complexity index is 671. The molecule has 1 aromatic carbocycles. The fourth-order valence-electron chi connectivity index (χ4n) is 3.43. The molecule has 2 aliphatic heterocycles. The first-order valence-electron chi connectivity index (χ1n) is 8.19. The number of benzene rings is 1. The molecule has 3 atom stereocenters. The third-order valence-electron chi connectivity index (χ3n) is 4.99. The summed E-state index contributed by atoms with van der Waals surface area (Å²) in [5, 5.41) is 0.967. The lowest BCUT2D eigenvalue weighted by Crippen LogP contribution is -2.50. The average molecular weight is 407 g/mol. The number of carbonyl (C=O) groups is 2. The van der Waals surface area contributed by atoms with Gasteiger partial charge in [0.15, 0.2) is 0 Å². The lowest BCUT2D eigenvalue weighted by atomic mass is 9.93. The van der Waals surface area contributed by atoms with Crippen LogP contribution in [0.25, 0.3) is 0 Å². The summed E-state index contributed by atoms with van der Waals surface area (Å²) in [4.78, 5) is 28.9. The summed E-state index contributed by atoms with van der Waals surface area (Å²) >= 11 is 12.2. The zero-order chi connectivity index (χ0) is 17.4. The first-order chi connectivity index (χ1) is 11.4. The fraction of sp³-hybridized carbons (Fsp3) is 0.529. The van der Waals surface area contributed by atoms with Crippen LogP contribution >= 0.6 is 35.6 Å². The zero-order valence-corrected chi connectivity index (χ0v) is 16.3. The van der Waals surface area contributed by atoms with Crippen LogP contribution < -0.4 is 10.6 Å². The van der Waals surface area contributed by atoms with Gasteiger partial charge in [-0.25, -0.2) is 0 Å². The second-order valence-corrected chi connectivity index (χ2v) is 7.48. The van der Waals surface area contributed by atoms with Crippen molar-refractivity contribution in [2.45, 2.75) is 25.8 Å². The van der Waals surface area contributed by atoms with Crippen LogP contribution in [-0.4, -0.2) is 42.4 Å². The van der Waals surface area contributed by atoms with Gasteiger partial charge in [-0.15, -0.1) is 12.4 Å². The molecule has 0 spiro atoms. The smallest absolute Gasteiger partial charge is 0.239 e. The van der Waals surface area contributed by atoms with Crippen molar-refractivity contribution in [1.82, 2.24) is 4.90 Å². The standard InChI is InChI=1S/C17H21Cl2N3O2.ClH/c1-10-9-21(6-5-14(10)20)16(23)12-4-7-22(17(12)24)15-8-11(18)2-3-13(15)19;/h2-3,8,10,12,14H,4-7,9,20H2,1H3;1H. The van der Waals surface area contributed by atoms with Crippen LogP contribution in [0, 0.1) is 11.8 Å². The van der Waals surface area contributed by atoms with Gasteiger partial charge in [-0.3, -0.25) is 9.59 Å². The number of rotatable bonds is 2. The summed E-state index contributed by atoms with van der Waals surface area (Å²) in [5.41, 5.74) is 6.58. The Hall–Kier alpha value is -1.01. The second kappa shape index (κ2) is 8.12. The van der Waals surface area contributed by atoms with Crippen molar-refractivity contribution in [3.05, 3.63) is 28.2 Å². The highest BCUT2D eigenvalue weighted by atomic mass is 35.5. The molecule has 5 nitrogen and oxygen atoms in total. The third-order valence-corrected chi connectivity index (χ3v) is 5.54. The molecule has 0 aliphatic carbocycles. The predicted octanol–water partition coefficient (Wildman–Crippen LogP) is 2.96. The fourth-order valence-corrected chi connectivity index (χ4v) is 3.81. The monoisotopic (exact) mass is 405 g/mol. The van der Waals surface area contributed by atoms with Crippen molar-refractivity contribution < 1.29 is 9.59 Å². The third kappa shape index (κ3) is 4.05. The van der Waals surface area contributed by atoms with Crippen molar-refractivity contribution in [3.8, 4) is 0 Å². The molecule has 2 aliphatic rings. The normalized spacial score (nSPS) is 26.6. The maximum Gasteiger partial charge on any atom is 0.239 e. The molecule has 2 N–H and O–H groups in total.